The third-order valence-corrected chi connectivity index (χ3v) is 2.61. The van der Waals surface area contributed by atoms with Gasteiger partial charge in [-0.25, -0.2) is 0 Å². The summed E-state index contributed by atoms with van der Waals surface area (Å²) in [5, 5.41) is 22.2. The summed E-state index contributed by atoms with van der Waals surface area (Å²) >= 11 is 0. The van der Waals surface area contributed by atoms with Crippen LogP contribution in [0.4, 0.5) is 0 Å². The lowest BCUT2D eigenvalue weighted by Crippen LogP contribution is -2.32. The van der Waals surface area contributed by atoms with Gasteiger partial charge in [0, 0.05) is 16.9 Å². The molecule has 0 aliphatic heterocycles. The minimum absolute atomic E-state index is 0.326. The molecule has 0 unspecified atom stereocenters. The van der Waals surface area contributed by atoms with Gasteiger partial charge in [-0.1, -0.05) is 23.8 Å². The second-order valence-electron chi connectivity index (χ2n) is 4.55. The van der Waals surface area contributed by atoms with E-state index < -0.39 is 7.12 Å². The molecule has 106 valence electrons. The molecule has 1 aromatic carbocycles. The Morgan fingerprint density at radius 1 is 1.50 bits per heavy atom. The molecular formula is C13H18BN3O3. The maximum atomic E-state index is 9.39. The summed E-state index contributed by atoms with van der Waals surface area (Å²) in [6.45, 7) is 6.31. The molecule has 0 atom stereocenters. The van der Waals surface area contributed by atoms with E-state index in [-0.39, 0.29) is 0 Å². The van der Waals surface area contributed by atoms with E-state index in [1.165, 1.54) is 0 Å². The molecule has 0 radical (unpaired) electrons. The summed E-state index contributed by atoms with van der Waals surface area (Å²) in [6.07, 6.45) is 1.40. The van der Waals surface area contributed by atoms with E-state index in [1.807, 2.05) is 13.0 Å². The molecule has 1 rings (SSSR count). The van der Waals surface area contributed by atoms with E-state index in [2.05, 4.69) is 16.6 Å². The van der Waals surface area contributed by atoms with Crippen molar-refractivity contribution in [3.8, 4) is 5.75 Å². The monoisotopic (exact) mass is 275 g/mol. The average molecular weight is 275 g/mol. The first-order valence-corrected chi connectivity index (χ1v) is 6.31. The summed E-state index contributed by atoms with van der Waals surface area (Å²) in [6, 6.07) is 5.25. The van der Waals surface area contributed by atoms with Gasteiger partial charge in [0.1, 0.15) is 12.4 Å². The van der Waals surface area contributed by atoms with Crippen molar-refractivity contribution in [2.75, 3.05) is 13.2 Å². The van der Waals surface area contributed by atoms with Crippen LogP contribution in [0.1, 0.15) is 18.9 Å². The van der Waals surface area contributed by atoms with Gasteiger partial charge in [-0.15, -0.1) is 0 Å². The fraction of sp³-hybridized carbons (Fsp3) is 0.385. The fourth-order valence-electron chi connectivity index (χ4n) is 1.69. The molecule has 6 nitrogen and oxygen atoms in total. The number of azide groups is 1. The molecule has 0 heterocycles. The Kier molecular flexibility index (Phi) is 6.66. The minimum Gasteiger partial charge on any atom is -0.490 e. The normalized spacial score (nSPS) is 9.75. The molecule has 7 heteroatoms. The van der Waals surface area contributed by atoms with Crippen molar-refractivity contribution in [2.24, 2.45) is 5.11 Å². The highest BCUT2D eigenvalue weighted by Crippen LogP contribution is 2.13. The number of aryl methyl sites for hydroxylation is 1. The van der Waals surface area contributed by atoms with E-state index >= 15 is 0 Å². The van der Waals surface area contributed by atoms with Crippen molar-refractivity contribution in [1.29, 1.82) is 0 Å². The van der Waals surface area contributed by atoms with Crippen molar-refractivity contribution < 1.29 is 14.8 Å². The number of nitrogens with zero attached hydrogens (tertiary/aromatic N) is 3. The number of ether oxygens (including phenoxy) is 1. The van der Waals surface area contributed by atoms with Gasteiger partial charge in [-0.05, 0) is 42.5 Å². The van der Waals surface area contributed by atoms with Crippen LogP contribution in [-0.2, 0) is 6.42 Å². The molecule has 0 fully saturated rings. The van der Waals surface area contributed by atoms with Crippen molar-refractivity contribution >= 4 is 12.6 Å². The summed E-state index contributed by atoms with van der Waals surface area (Å²) < 4.78 is 5.47. The molecule has 0 spiro atoms. The van der Waals surface area contributed by atoms with Gasteiger partial charge in [0.05, 0.1) is 0 Å². The van der Waals surface area contributed by atoms with Crippen molar-refractivity contribution in [2.45, 2.75) is 19.8 Å². The van der Waals surface area contributed by atoms with E-state index in [1.54, 1.807) is 12.1 Å². The number of hydrogen-bond acceptors (Lipinski definition) is 4. The van der Waals surface area contributed by atoms with E-state index in [0.29, 0.717) is 37.2 Å². The Bertz CT molecular complexity index is 514. The number of rotatable bonds is 8. The summed E-state index contributed by atoms with van der Waals surface area (Å²) in [5.74, 6) is 0.432. The zero-order valence-corrected chi connectivity index (χ0v) is 11.5. The van der Waals surface area contributed by atoms with Gasteiger partial charge in [-0.3, -0.25) is 0 Å². The van der Waals surface area contributed by atoms with Crippen molar-refractivity contribution in [3.63, 3.8) is 0 Å². The lowest BCUT2D eigenvalue weighted by Gasteiger charge is -2.12. The van der Waals surface area contributed by atoms with Crippen LogP contribution in [0.2, 0.25) is 0 Å². The van der Waals surface area contributed by atoms with Crippen LogP contribution in [0.5, 0.6) is 5.75 Å². The fourth-order valence-corrected chi connectivity index (χ4v) is 1.69. The predicted molar refractivity (Wildman–Crippen MR) is 78.9 cm³/mol. The van der Waals surface area contributed by atoms with Gasteiger partial charge in [0.2, 0.25) is 0 Å². The lowest BCUT2D eigenvalue weighted by molar-refractivity contribution is 0.351. The smallest absolute Gasteiger partial charge is 0.490 e. The zero-order chi connectivity index (χ0) is 15.0. The second-order valence-corrected chi connectivity index (χ2v) is 4.55. The highest BCUT2D eigenvalue weighted by atomic mass is 16.5. The van der Waals surface area contributed by atoms with Crippen LogP contribution in [0.3, 0.4) is 0 Å². The Morgan fingerprint density at radius 3 is 2.85 bits per heavy atom. The number of benzene rings is 1. The molecule has 2 N–H and O–H groups in total. The van der Waals surface area contributed by atoms with Crippen LogP contribution in [0.15, 0.2) is 35.5 Å². The topological polar surface area (TPSA) is 98.5 Å². The van der Waals surface area contributed by atoms with E-state index in [9.17, 15) is 10.0 Å². The summed E-state index contributed by atoms with van der Waals surface area (Å²) in [4.78, 5) is 2.68. The number of hydrogen-bond donors (Lipinski definition) is 2. The highest BCUT2D eigenvalue weighted by molar-refractivity contribution is 6.59. The Hall–Kier alpha value is -1.95. The van der Waals surface area contributed by atoms with Gasteiger partial charge in [0.15, 0.2) is 0 Å². The molecular weight excluding hydrogens is 257 g/mol. The first kappa shape index (κ1) is 16.1. The minimum atomic E-state index is -1.59. The highest BCUT2D eigenvalue weighted by Gasteiger charge is 2.17. The van der Waals surface area contributed by atoms with Crippen molar-refractivity contribution in [3.05, 3.63) is 46.4 Å². The van der Waals surface area contributed by atoms with Crippen LogP contribution >= 0.6 is 0 Å². The van der Waals surface area contributed by atoms with Crippen LogP contribution in [0.25, 0.3) is 10.4 Å². The van der Waals surface area contributed by atoms with E-state index in [0.717, 1.165) is 11.1 Å². The zero-order valence-electron chi connectivity index (χ0n) is 11.5. The molecule has 0 aliphatic carbocycles. The maximum Gasteiger partial charge on any atom is 0.492 e. The van der Waals surface area contributed by atoms with Gasteiger partial charge < -0.3 is 14.8 Å². The van der Waals surface area contributed by atoms with Gasteiger partial charge in [0.25, 0.3) is 0 Å². The third kappa shape index (κ3) is 5.36. The van der Waals surface area contributed by atoms with Gasteiger partial charge in [-0.2, -0.15) is 0 Å². The molecule has 1 aromatic rings. The van der Waals surface area contributed by atoms with Crippen LogP contribution in [-0.4, -0.2) is 30.3 Å². The molecule has 0 aliphatic rings. The largest absolute Gasteiger partial charge is 0.492 e. The quantitative estimate of drug-likeness (QED) is 0.188. The van der Waals surface area contributed by atoms with Crippen molar-refractivity contribution in [1.82, 2.24) is 0 Å². The standard InChI is InChI=1S/C13H18BN3O3/c1-10(2)9-20-13-6-5-11(4-3-7-16-17-15)8-12(13)14(18)19/h5-6,8,18-19H,1,3-4,7,9H2,2H3. The summed E-state index contributed by atoms with van der Waals surface area (Å²) in [7, 11) is -1.59. The maximum absolute atomic E-state index is 9.39. The first-order chi connectivity index (χ1) is 9.54. The SMILES string of the molecule is C=C(C)COc1ccc(CCCN=[N+]=[N-])cc1B(O)O. The summed E-state index contributed by atoms with van der Waals surface area (Å²) in [5.41, 5.74) is 10.3. The lowest BCUT2D eigenvalue weighted by atomic mass is 9.78. The molecule has 0 saturated carbocycles. The molecule has 0 aromatic heterocycles. The Morgan fingerprint density at radius 2 is 2.25 bits per heavy atom. The molecule has 0 bridgehead atoms. The van der Waals surface area contributed by atoms with E-state index in [4.69, 9.17) is 10.3 Å². The second kappa shape index (κ2) is 8.27. The average Bonchev–Trinajstić information content (AvgIpc) is 2.41. The van der Waals surface area contributed by atoms with Crippen LogP contribution in [0, 0.1) is 0 Å². The molecule has 20 heavy (non-hydrogen) atoms. The molecule has 0 amide bonds. The first-order valence-electron chi connectivity index (χ1n) is 6.31. The molecule has 0 saturated heterocycles. The Labute approximate surface area is 118 Å². The predicted octanol–water partition coefficient (Wildman–Crippen LogP) is 1.56. The van der Waals surface area contributed by atoms with Gasteiger partial charge >= 0.3 is 7.12 Å². The Balaban J connectivity index is 2.78. The van der Waals surface area contributed by atoms with Crippen LogP contribution < -0.4 is 10.2 Å². The third-order valence-electron chi connectivity index (χ3n) is 2.61.